The lowest BCUT2D eigenvalue weighted by Gasteiger charge is -2.09. The maximum absolute atomic E-state index is 11.7. The van der Waals surface area contributed by atoms with Gasteiger partial charge in [0.25, 0.3) is 0 Å². The van der Waals surface area contributed by atoms with Crippen molar-refractivity contribution in [3.63, 3.8) is 0 Å². The number of carbonyl (C=O) groups excluding carboxylic acids is 2. The third kappa shape index (κ3) is 5.43. The molecule has 0 aliphatic rings. The van der Waals surface area contributed by atoms with Gasteiger partial charge in [-0.3, -0.25) is 9.59 Å². The second-order valence-electron chi connectivity index (χ2n) is 5.67. The molecule has 0 aliphatic heterocycles. The molecule has 2 N–H and O–H groups in total. The summed E-state index contributed by atoms with van der Waals surface area (Å²) in [5.74, 6) is -0.259. The van der Waals surface area contributed by atoms with Crippen molar-refractivity contribution in [3.8, 4) is 0 Å². The number of carbonyl (C=O) groups is 2. The van der Waals surface area contributed by atoms with Crippen LogP contribution in [0.3, 0.4) is 0 Å². The molecule has 0 aromatic heterocycles. The third-order valence-electron chi connectivity index (χ3n) is 3.05. The highest BCUT2D eigenvalue weighted by Gasteiger charge is 2.13. The van der Waals surface area contributed by atoms with Crippen LogP contribution < -0.4 is 10.6 Å². The van der Waals surface area contributed by atoms with Gasteiger partial charge in [-0.25, -0.2) is 0 Å². The van der Waals surface area contributed by atoms with Crippen molar-refractivity contribution in [2.24, 2.45) is 5.92 Å². The van der Waals surface area contributed by atoms with Gasteiger partial charge < -0.3 is 10.6 Å². The van der Waals surface area contributed by atoms with Gasteiger partial charge in [0.2, 0.25) is 0 Å². The highest BCUT2D eigenvalue weighted by atomic mass is 16.2. The fraction of sp³-hybridized carbons (Fsp3) is 0.500. The summed E-state index contributed by atoms with van der Waals surface area (Å²) in [4.78, 5) is 23.3. The maximum atomic E-state index is 11.7. The molecular weight excluding hydrogens is 252 g/mol. The summed E-state index contributed by atoms with van der Waals surface area (Å²) >= 11 is 0. The fourth-order valence-corrected chi connectivity index (χ4v) is 1.69. The van der Waals surface area contributed by atoms with Gasteiger partial charge in [0.05, 0.1) is 0 Å². The molecule has 0 aliphatic carbocycles. The lowest BCUT2D eigenvalue weighted by molar-refractivity contribution is -0.136. The van der Waals surface area contributed by atoms with E-state index in [2.05, 4.69) is 38.3 Å². The average Bonchev–Trinajstić information content (AvgIpc) is 2.38. The minimum Gasteiger partial charge on any atom is -0.348 e. The predicted octanol–water partition coefficient (Wildman–Crippen LogP) is 2.91. The van der Waals surface area contributed by atoms with Crippen LogP contribution in [0.25, 0.3) is 0 Å². The molecule has 1 aromatic rings. The first-order valence-electron chi connectivity index (χ1n) is 7.09. The smallest absolute Gasteiger partial charge is 0.313 e. The molecule has 0 bridgehead atoms. The minimum absolute atomic E-state index is 0.444. The number of nitrogens with one attached hydrogen (secondary N) is 2. The van der Waals surface area contributed by atoms with Crippen molar-refractivity contribution < 1.29 is 9.59 Å². The fourth-order valence-electron chi connectivity index (χ4n) is 1.69. The van der Waals surface area contributed by atoms with E-state index in [9.17, 15) is 9.59 Å². The molecule has 1 rings (SSSR count). The van der Waals surface area contributed by atoms with E-state index >= 15 is 0 Å². The van der Waals surface area contributed by atoms with Crippen LogP contribution in [-0.4, -0.2) is 18.4 Å². The summed E-state index contributed by atoms with van der Waals surface area (Å²) in [6.45, 7) is 8.88. The van der Waals surface area contributed by atoms with E-state index in [4.69, 9.17) is 0 Å². The van der Waals surface area contributed by atoms with Crippen LogP contribution in [-0.2, 0) is 9.59 Å². The van der Waals surface area contributed by atoms with Crippen LogP contribution in [0.1, 0.15) is 45.6 Å². The zero-order chi connectivity index (χ0) is 15.1. The van der Waals surface area contributed by atoms with Crippen LogP contribution in [0.5, 0.6) is 0 Å². The lowest BCUT2D eigenvalue weighted by Crippen LogP contribution is -2.36. The first-order valence-corrected chi connectivity index (χ1v) is 7.09. The van der Waals surface area contributed by atoms with Gasteiger partial charge in [0.1, 0.15) is 0 Å². The van der Waals surface area contributed by atoms with Crippen molar-refractivity contribution in [1.82, 2.24) is 5.32 Å². The third-order valence-corrected chi connectivity index (χ3v) is 3.05. The molecule has 0 unspecified atom stereocenters. The van der Waals surface area contributed by atoms with Gasteiger partial charge in [-0.2, -0.15) is 0 Å². The second kappa shape index (κ2) is 7.68. The molecule has 1 aromatic carbocycles. The summed E-state index contributed by atoms with van der Waals surface area (Å²) in [5, 5.41) is 5.21. The average molecular weight is 276 g/mol. The number of rotatable bonds is 5. The Bertz CT molecular complexity index is 450. The molecule has 0 fully saturated rings. The number of amides is 2. The molecule has 0 atom stereocenters. The number of anilines is 1. The van der Waals surface area contributed by atoms with E-state index in [-0.39, 0.29) is 0 Å². The second-order valence-corrected chi connectivity index (χ2v) is 5.67. The Morgan fingerprint density at radius 3 is 2.10 bits per heavy atom. The normalized spacial score (nSPS) is 10.7. The van der Waals surface area contributed by atoms with E-state index in [0.717, 1.165) is 6.42 Å². The molecule has 110 valence electrons. The van der Waals surface area contributed by atoms with E-state index < -0.39 is 11.8 Å². The van der Waals surface area contributed by atoms with E-state index in [1.54, 1.807) is 0 Å². The van der Waals surface area contributed by atoms with Crippen molar-refractivity contribution >= 4 is 17.5 Å². The Morgan fingerprint density at radius 1 is 1.00 bits per heavy atom. The van der Waals surface area contributed by atoms with Gasteiger partial charge >= 0.3 is 11.8 Å². The molecule has 2 amide bonds. The van der Waals surface area contributed by atoms with Gasteiger partial charge in [-0.05, 0) is 36.0 Å². The number of benzene rings is 1. The van der Waals surface area contributed by atoms with Gasteiger partial charge in [-0.1, -0.05) is 39.8 Å². The molecule has 0 saturated heterocycles. The molecule has 0 spiro atoms. The van der Waals surface area contributed by atoms with Crippen molar-refractivity contribution in [3.05, 3.63) is 29.8 Å². The van der Waals surface area contributed by atoms with Crippen LogP contribution in [0.4, 0.5) is 5.69 Å². The SMILES string of the molecule is CC(C)CCNC(=O)C(=O)Nc1ccc(C(C)C)cc1. The Labute approximate surface area is 121 Å². The van der Waals surface area contributed by atoms with Crippen LogP contribution in [0.15, 0.2) is 24.3 Å². The Morgan fingerprint density at radius 2 is 1.60 bits per heavy atom. The first kappa shape index (κ1) is 16.2. The zero-order valence-electron chi connectivity index (χ0n) is 12.7. The molecular formula is C16H24N2O2. The molecule has 0 radical (unpaired) electrons. The zero-order valence-corrected chi connectivity index (χ0v) is 12.7. The number of hydrogen-bond acceptors (Lipinski definition) is 2. The van der Waals surface area contributed by atoms with Gasteiger partial charge in [-0.15, -0.1) is 0 Å². The predicted molar refractivity (Wildman–Crippen MR) is 81.6 cm³/mol. The Kier molecular flexibility index (Phi) is 6.22. The Balaban J connectivity index is 2.47. The standard InChI is InChI=1S/C16H24N2O2/c1-11(2)9-10-17-15(19)16(20)18-14-7-5-13(6-8-14)12(3)4/h5-8,11-12H,9-10H2,1-4H3,(H,17,19)(H,18,20). The minimum atomic E-state index is -0.619. The largest absolute Gasteiger partial charge is 0.348 e. The monoisotopic (exact) mass is 276 g/mol. The van der Waals surface area contributed by atoms with Crippen molar-refractivity contribution in [2.45, 2.75) is 40.0 Å². The summed E-state index contributed by atoms with van der Waals surface area (Å²) < 4.78 is 0. The summed E-state index contributed by atoms with van der Waals surface area (Å²) in [6, 6.07) is 7.54. The van der Waals surface area contributed by atoms with Crippen LogP contribution in [0.2, 0.25) is 0 Å². The maximum Gasteiger partial charge on any atom is 0.313 e. The quantitative estimate of drug-likeness (QED) is 0.812. The Hall–Kier alpha value is -1.84. The van der Waals surface area contributed by atoms with Gasteiger partial charge in [0, 0.05) is 12.2 Å². The summed E-state index contributed by atoms with van der Waals surface area (Å²) in [5.41, 5.74) is 1.84. The van der Waals surface area contributed by atoms with Crippen molar-refractivity contribution in [2.75, 3.05) is 11.9 Å². The highest BCUT2D eigenvalue weighted by molar-refractivity contribution is 6.39. The topological polar surface area (TPSA) is 58.2 Å². The van der Waals surface area contributed by atoms with E-state index in [0.29, 0.717) is 24.1 Å². The van der Waals surface area contributed by atoms with Gasteiger partial charge in [0.15, 0.2) is 0 Å². The molecule has 4 nitrogen and oxygen atoms in total. The highest BCUT2D eigenvalue weighted by Crippen LogP contribution is 2.16. The van der Waals surface area contributed by atoms with Crippen LogP contribution in [0, 0.1) is 5.92 Å². The molecule has 20 heavy (non-hydrogen) atoms. The van der Waals surface area contributed by atoms with Crippen molar-refractivity contribution in [1.29, 1.82) is 0 Å². The van der Waals surface area contributed by atoms with Crippen LogP contribution >= 0.6 is 0 Å². The molecule has 4 heteroatoms. The number of hydrogen-bond donors (Lipinski definition) is 2. The van der Waals surface area contributed by atoms with E-state index in [1.165, 1.54) is 5.56 Å². The summed E-state index contributed by atoms with van der Waals surface area (Å²) in [6.07, 6.45) is 0.863. The van der Waals surface area contributed by atoms with E-state index in [1.807, 2.05) is 24.3 Å². The first-order chi connectivity index (χ1) is 9.40. The molecule has 0 saturated carbocycles. The molecule has 0 heterocycles. The lowest BCUT2D eigenvalue weighted by atomic mass is 10.0. The summed E-state index contributed by atoms with van der Waals surface area (Å²) in [7, 11) is 0.